The maximum Gasteiger partial charge on any atom is 0.123 e. The number of rotatable bonds is 4. The molecule has 3 rings (SSSR count). The minimum atomic E-state index is -0.178. The van der Waals surface area contributed by atoms with Crippen molar-refractivity contribution in [1.82, 2.24) is 0 Å². The van der Waals surface area contributed by atoms with E-state index < -0.39 is 0 Å². The van der Waals surface area contributed by atoms with Crippen LogP contribution in [0.4, 0.5) is 4.39 Å². The molecule has 2 N–H and O–H groups in total. The maximum atomic E-state index is 13.2. The number of halogens is 1. The van der Waals surface area contributed by atoms with Crippen LogP contribution in [0.3, 0.4) is 0 Å². The van der Waals surface area contributed by atoms with Crippen LogP contribution in [0.1, 0.15) is 41.9 Å². The molecule has 2 atom stereocenters. The van der Waals surface area contributed by atoms with Gasteiger partial charge in [0.05, 0.1) is 0 Å². The topological polar surface area (TPSA) is 26.0 Å². The Kier molecular flexibility index (Phi) is 4.35. The summed E-state index contributed by atoms with van der Waals surface area (Å²) >= 11 is 0. The van der Waals surface area contributed by atoms with Crippen molar-refractivity contribution in [2.75, 3.05) is 0 Å². The van der Waals surface area contributed by atoms with Crippen LogP contribution in [0.25, 0.3) is 0 Å². The Hall–Kier alpha value is -1.67. The Morgan fingerprint density at radius 3 is 2.86 bits per heavy atom. The summed E-state index contributed by atoms with van der Waals surface area (Å²) in [5.41, 5.74) is 10.3. The van der Waals surface area contributed by atoms with Crippen LogP contribution in [0.2, 0.25) is 0 Å². The summed E-state index contributed by atoms with van der Waals surface area (Å²) in [4.78, 5) is 0. The standard InChI is InChI=1S/C19H22FN/c20-17-9-3-5-14(11-17)12-18(21)13-16-8-4-7-15-6-1-2-10-19(15)16/h1-3,5-6,9-11,16,18H,4,7-8,12-13,21H2. The van der Waals surface area contributed by atoms with Gasteiger partial charge in [-0.1, -0.05) is 36.4 Å². The van der Waals surface area contributed by atoms with Gasteiger partial charge in [-0.25, -0.2) is 4.39 Å². The molecule has 1 nitrogen and oxygen atoms in total. The molecule has 0 bridgehead atoms. The lowest BCUT2D eigenvalue weighted by molar-refractivity contribution is 0.466. The van der Waals surface area contributed by atoms with Crippen molar-refractivity contribution in [2.45, 2.75) is 44.1 Å². The number of benzene rings is 2. The minimum Gasteiger partial charge on any atom is -0.327 e. The van der Waals surface area contributed by atoms with Crippen LogP contribution in [0.5, 0.6) is 0 Å². The van der Waals surface area contributed by atoms with E-state index in [0.29, 0.717) is 5.92 Å². The fourth-order valence-electron chi connectivity index (χ4n) is 3.51. The van der Waals surface area contributed by atoms with Crippen molar-refractivity contribution in [3.63, 3.8) is 0 Å². The van der Waals surface area contributed by atoms with E-state index in [4.69, 9.17) is 5.73 Å². The van der Waals surface area contributed by atoms with Gasteiger partial charge in [0.25, 0.3) is 0 Å². The van der Waals surface area contributed by atoms with Crippen LogP contribution in [0.15, 0.2) is 48.5 Å². The third-order valence-electron chi connectivity index (χ3n) is 4.47. The number of fused-ring (bicyclic) bond motifs is 1. The van der Waals surface area contributed by atoms with Crippen LogP contribution in [-0.2, 0) is 12.8 Å². The molecular weight excluding hydrogens is 261 g/mol. The van der Waals surface area contributed by atoms with Gasteiger partial charge < -0.3 is 5.73 Å². The summed E-state index contributed by atoms with van der Waals surface area (Å²) in [7, 11) is 0. The number of hydrogen-bond acceptors (Lipinski definition) is 1. The van der Waals surface area contributed by atoms with Crippen LogP contribution >= 0.6 is 0 Å². The molecule has 0 aliphatic heterocycles. The normalized spacial score (nSPS) is 19.0. The first-order valence-electron chi connectivity index (χ1n) is 7.80. The lowest BCUT2D eigenvalue weighted by Crippen LogP contribution is -2.27. The van der Waals surface area contributed by atoms with Crippen molar-refractivity contribution >= 4 is 0 Å². The molecule has 0 saturated carbocycles. The van der Waals surface area contributed by atoms with Crippen molar-refractivity contribution in [3.8, 4) is 0 Å². The predicted molar refractivity (Wildman–Crippen MR) is 84.8 cm³/mol. The molecule has 2 heteroatoms. The van der Waals surface area contributed by atoms with E-state index in [0.717, 1.165) is 18.4 Å². The molecule has 21 heavy (non-hydrogen) atoms. The van der Waals surface area contributed by atoms with Crippen molar-refractivity contribution in [2.24, 2.45) is 5.73 Å². The second-order valence-corrected chi connectivity index (χ2v) is 6.12. The van der Waals surface area contributed by atoms with Gasteiger partial charge >= 0.3 is 0 Å². The number of aryl methyl sites for hydroxylation is 1. The highest BCUT2D eigenvalue weighted by Crippen LogP contribution is 2.34. The van der Waals surface area contributed by atoms with Gasteiger partial charge in [0, 0.05) is 6.04 Å². The van der Waals surface area contributed by atoms with Crippen LogP contribution in [0, 0.1) is 5.82 Å². The van der Waals surface area contributed by atoms with E-state index in [1.54, 1.807) is 12.1 Å². The molecule has 0 radical (unpaired) electrons. The summed E-state index contributed by atoms with van der Waals surface area (Å²) in [6.45, 7) is 0. The Bertz CT molecular complexity index is 608. The fraction of sp³-hybridized carbons (Fsp3) is 0.368. The minimum absolute atomic E-state index is 0.0861. The van der Waals surface area contributed by atoms with Gasteiger partial charge in [0.1, 0.15) is 5.82 Å². The predicted octanol–water partition coefficient (Wildman–Crippen LogP) is 4.21. The zero-order valence-corrected chi connectivity index (χ0v) is 12.3. The Labute approximate surface area is 126 Å². The molecule has 0 heterocycles. The third kappa shape index (κ3) is 3.51. The largest absolute Gasteiger partial charge is 0.327 e. The number of nitrogens with two attached hydrogens (primary N) is 1. The lowest BCUT2D eigenvalue weighted by atomic mass is 9.79. The fourth-order valence-corrected chi connectivity index (χ4v) is 3.51. The maximum absolute atomic E-state index is 13.2. The lowest BCUT2D eigenvalue weighted by Gasteiger charge is -2.27. The summed E-state index contributed by atoms with van der Waals surface area (Å²) in [6, 6.07) is 15.6. The van der Waals surface area contributed by atoms with E-state index >= 15 is 0 Å². The average molecular weight is 283 g/mol. The van der Waals surface area contributed by atoms with E-state index in [1.165, 1.54) is 36.5 Å². The first-order valence-corrected chi connectivity index (χ1v) is 7.80. The summed E-state index contributed by atoms with van der Waals surface area (Å²) in [5.74, 6) is 0.376. The highest BCUT2D eigenvalue weighted by molar-refractivity contribution is 5.32. The molecular formula is C19H22FN. The first-order chi connectivity index (χ1) is 10.2. The average Bonchev–Trinajstić information content (AvgIpc) is 2.47. The number of hydrogen-bond donors (Lipinski definition) is 1. The molecule has 0 amide bonds. The molecule has 0 aromatic heterocycles. The summed E-state index contributed by atoms with van der Waals surface area (Å²) < 4.78 is 13.2. The van der Waals surface area contributed by atoms with E-state index in [-0.39, 0.29) is 11.9 Å². The second kappa shape index (κ2) is 6.40. The van der Waals surface area contributed by atoms with Gasteiger partial charge in [-0.15, -0.1) is 0 Å². The molecule has 2 unspecified atom stereocenters. The monoisotopic (exact) mass is 283 g/mol. The molecule has 2 aromatic carbocycles. The molecule has 0 fully saturated rings. The Morgan fingerprint density at radius 1 is 1.14 bits per heavy atom. The molecule has 110 valence electrons. The third-order valence-corrected chi connectivity index (χ3v) is 4.47. The van der Waals surface area contributed by atoms with E-state index in [9.17, 15) is 4.39 Å². The molecule has 2 aromatic rings. The van der Waals surface area contributed by atoms with Crippen molar-refractivity contribution < 1.29 is 4.39 Å². The highest BCUT2D eigenvalue weighted by atomic mass is 19.1. The van der Waals surface area contributed by atoms with Gasteiger partial charge in [0.2, 0.25) is 0 Å². The van der Waals surface area contributed by atoms with Gasteiger partial charge in [-0.3, -0.25) is 0 Å². The highest BCUT2D eigenvalue weighted by Gasteiger charge is 2.21. The van der Waals surface area contributed by atoms with Crippen LogP contribution < -0.4 is 5.73 Å². The van der Waals surface area contributed by atoms with E-state index in [1.807, 2.05) is 6.07 Å². The zero-order chi connectivity index (χ0) is 14.7. The summed E-state index contributed by atoms with van der Waals surface area (Å²) in [6.07, 6.45) is 5.37. The Morgan fingerprint density at radius 2 is 2.00 bits per heavy atom. The second-order valence-electron chi connectivity index (χ2n) is 6.12. The van der Waals surface area contributed by atoms with Crippen LogP contribution in [-0.4, -0.2) is 6.04 Å². The first kappa shape index (κ1) is 14.3. The zero-order valence-electron chi connectivity index (χ0n) is 12.3. The van der Waals surface area contributed by atoms with Gasteiger partial charge in [-0.2, -0.15) is 0 Å². The van der Waals surface area contributed by atoms with Gasteiger partial charge in [0.15, 0.2) is 0 Å². The molecule has 0 spiro atoms. The molecule has 1 aliphatic carbocycles. The van der Waals surface area contributed by atoms with Crippen molar-refractivity contribution in [3.05, 3.63) is 71.0 Å². The molecule has 1 aliphatic rings. The summed E-state index contributed by atoms with van der Waals surface area (Å²) in [5, 5.41) is 0. The smallest absolute Gasteiger partial charge is 0.123 e. The molecule has 0 saturated heterocycles. The quantitative estimate of drug-likeness (QED) is 0.894. The van der Waals surface area contributed by atoms with Crippen molar-refractivity contribution in [1.29, 1.82) is 0 Å². The van der Waals surface area contributed by atoms with Gasteiger partial charge in [-0.05, 0) is 66.8 Å². The van der Waals surface area contributed by atoms with E-state index in [2.05, 4.69) is 24.3 Å². The Balaban J connectivity index is 1.67. The SMILES string of the molecule is NC(Cc1cccc(F)c1)CC1CCCc2ccccc21.